The number of nitrogens with zero attached hydrogens (tertiary/aromatic N) is 1. The predicted molar refractivity (Wildman–Crippen MR) is 92.5 cm³/mol. The molecule has 0 aliphatic rings. The summed E-state index contributed by atoms with van der Waals surface area (Å²) in [5, 5.41) is 8.93. The maximum Gasteiger partial charge on any atom is 0.245 e. The first kappa shape index (κ1) is 17.6. The van der Waals surface area contributed by atoms with Crippen molar-refractivity contribution in [3.05, 3.63) is 66.0 Å². The number of ether oxygens (including phenoxy) is 1. The molecule has 1 unspecified atom stereocenters. The minimum atomic E-state index is -1.04. The van der Waals surface area contributed by atoms with E-state index in [1.807, 2.05) is 0 Å². The Morgan fingerprint density at radius 3 is 2.62 bits per heavy atom. The molecule has 1 aromatic heterocycles. The van der Waals surface area contributed by atoms with E-state index in [1.165, 1.54) is 43.6 Å². The van der Waals surface area contributed by atoms with Gasteiger partial charge in [-0.2, -0.15) is 5.10 Å². The van der Waals surface area contributed by atoms with E-state index in [2.05, 4.69) is 15.5 Å². The number of aromatic amines is 1. The number of carbonyl (C=O) groups is 1. The van der Waals surface area contributed by atoms with Gasteiger partial charge in [-0.25, -0.2) is 8.78 Å². The lowest BCUT2D eigenvalue weighted by atomic mass is 10.1. The summed E-state index contributed by atoms with van der Waals surface area (Å²) in [5.74, 6) is -1.30. The van der Waals surface area contributed by atoms with Gasteiger partial charge in [-0.1, -0.05) is 12.1 Å². The first-order valence-electron chi connectivity index (χ1n) is 7.68. The Hall–Kier alpha value is -3.26. The third-order valence-corrected chi connectivity index (χ3v) is 3.87. The molecule has 0 spiro atoms. The largest absolute Gasteiger partial charge is 0.495 e. The molecule has 4 N–H and O–H groups in total. The highest BCUT2D eigenvalue weighted by Crippen LogP contribution is 2.33. The molecule has 6 nitrogen and oxygen atoms in total. The average Bonchev–Trinajstić information content (AvgIpc) is 3.16. The summed E-state index contributed by atoms with van der Waals surface area (Å²) in [6.45, 7) is 0. The fraction of sp³-hybridized carbons (Fsp3) is 0.111. The molecular weight excluding hydrogens is 342 g/mol. The molecule has 0 aliphatic heterocycles. The number of benzene rings is 2. The molecule has 1 heterocycles. The highest BCUT2D eigenvalue weighted by molar-refractivity contribution is 5.97. The number of anilines is 1. The van der Waals surface area contributed by atoms with E-state index in [4.69, 9.17) is 10.5 Å². The molecule has 134 valence electrons. The Balaban J connectivity index is 1.86. The Morgan fingerprint density at radius 1 is 1.27 bits per heavy atom. The Labute approximate surface area is 148 Å². The zero-order chi connectivity index (χ0) is 18.7. The monoisotopic (exact) mass is 358 g/mol. The summed E-state index contributed by atoms with van der Waals surface area (Å²) in [6.07, 6.45) is 3.01. The summed E-state index contributed by atoms with van der Waals surface area (Å²) in [4.78, 5) is 12.4. The second-order valence-electron chi connectivity index (χ2n) is 5.54. The van der Waals surface area contributed by atoms with Crippen LogP contribution in [0, 0.1) is 11.6 Å². The number of carbonyl (C=O) groups excluding carboxylic acids is 1. The summed E-state index contributed by atoms with van der Waals surface area (Å²) in [7, 11) is 1.40. The highest BCUT2D eigenvalue weighted by atomic mass is 19.1. The van der Waals surface area contributed by atoms with Gasteiger partial charge < -0.3 is 15.8 Å². The molecule has 0 saturated carbocycles. The molecule has 3 rings (SSSR count). The van der Waals surface area contributed by atoms with Crippen molar-refractivity contribution in [3.8, 4) is 16.9 Å². The van der Waals surface area contributed by atoms with Gasteiger partial charge >= 0.3 is 0 Å². The van der Waals surface area contributed by atoms with Crippen LogP contribution in [0.15, 0.2) is 48.8 Å². The Bertz CT molecular complexity index is 912. The van der Waals surface area contributed by atoms with Crippen molar-refractivity contribution in [2.24, 2.45) is 5.73 Å². The minimum absolute atomic E-state index is 0.139. The predicted octanol–water partition coefficient (Wildman–Crippen LogP) is 3.00. The van der Waals surface area contributed by atoms with Crippen molar-refractivity contribution < 1.29 is 18.3 Å². The third kappa shape index (κ3) is 3.55. The highest BCUT2D eigenvalue weighted by Gasteiger charge is 2.19. The lowest BCUT2D eigenvalue weighted by Gasteiger charge is -2.16. The fourth-order valence-corrected chi connectivity index (χ4v) is 2.47. The number of H-pyrrole nitrogens is 1. The zero-order valence-electron chi connectivity index (χ0n) is 13.8. The average molecular weight is 358 g/mol. The van der Waals surface area contributed by atoms with Crippen LogP contribution in [-0.4, -0.2) is 23.2 Å². The number of nitrogens with two attached hydrogens (primary N) is 1. The van der Waals surface area contributed by atoms with Crippen molar-refractivity contribution in [2.75, 3.05) is 12.4 Å². The van der Waals surface area contributed by atoms with Gasteiger partial charge in [0.15, 0.2) is 0 Å². The lowest BCUT2D eigenvalue weighted by Crippen LogP contribution is -2.28. The quantitative estimate of drug-likeness (QED) is 0.654. The fourth-order valence-electron chi connectivity index (χ4n) is 2.47. The van der Waals surface area contributed by atoms with Crippen LogP contribution in [0.4, 0.5) is 14.5 Å². The van der Waals surface area contributed by atoms with Crippen LogP contribution in [0.3, 0.4) is 0 Å². The van der Waals surface area contributed by atoms with Gasteiger partial charge in [-0.3, -0.25) is 9.89 Å². The van der Waals surface area contributed by atoms with Crippen molar-refractivity contribution >= 4 is 11.6 Å². The summed E-state index contributed by atoms with van der Waals surface area (Å²) in [6, 6.07) is 6.82. The molecule has 8 heteroatoms. The summed E-state index contributed by atoms with van der Waals surface area (Å²) < 4.78 is 32.7. The molecule has 26 heavy (non-hydrogen) atoms. The molecule has 3 aromatic rings. The first-order chi connectivity index (χ1) is 12.5. The Kier molecular flexibility index (Phi) is 4.94. The summed E-state index contributed by atoms with van der Waals surface area (Å²) in [5.41, 5.74) is 7.28. The van der Waals surface area contributed by atoms with Gasteiger partial charge in [0.05, 0.1) is 19.0 Å². The number of amides is 1. The van der Waals surface area contributed by atoms with E-state index in [0.717, 1.165) is 6.07 Å². The van der Waals surface area contributed by atoms with Crippen molar-refractivity contribution in [1.82, 2.24) is 10.2 Å². The molecule has 0 bridgehead atoms. The van der Waals surface area contributed by atoms with Crippen molar-refractivity contribution in [1.29, 1.82) is 0 Å². The van der Waals surface area contributed by atoms with Gasteiger partial charge in [0, 0.05) is 23.4 Å². The SMILES string of the molecule is COc1cc(-c2cn[nH]c2)c(F)cc1NC(=O)C(N)c1ccc(F)cc1. The third-order valence-electron chi connectivity index (χ3n) is 3.87. The summed E-state index contributed by atoms with van der Waals surface area (Å²) >= 11 is 0. The molecule has 0 saturated heterocycles. The van der Waals surface area contributed by atoms with Crippen LogP contribution in [0.5, 0.6) is 5.75 Å². The van der Waals surface area contributed by atoms with E-state index >= 15 is 0 Å². The van der Waals surface area contributed by atoms with Gasteiger partial charge in [-0.05, 0) is 23.8 Å². The maximum absolute atomic E-state index is 14.4. The molecule has 0 aliphatic carbocycles. The standard InChI is InChI=1S/C18H16F2N4O2/c1-26-16-6-13(11-8-22-23-9-11)14(20)7-15(16)24-18(25)17(21)10-2-4-12(19)5-3-10/h2-9,17H,21H2,1H3,(H,22,23)(H,24,25). The molecular formula is C18H16F2N4O2. The van der Waals surface area contributed by atoms with E-state index in [-0.39, 0.29) is 17.0 Å². The number of methoxy groups -OCH3 is 1. The van der Waals surface area contributed by atoms with Crippen molar-refractivity contribution in [3.63, 3.8) is 0 Å². The zero-order valence-corrected chi connectivity index (χ0v) is 13.8. The van der Waals surface area contributed by atoms with E-state index < -0.39 is 23.6 Å². The van der Waals surface area contributed by atoms with Gasteiger partial charge in [0.2, 0.25) is 5.91 Å². The number of halogens is 2. The van der Waals surface area contributed by atoms with Crippen LogP contribution in [0.2, 0.25) is 0 Å². The minimum Gasteiger partial charge on any atom is -0.495 e. The normalized spacial score (nSPS) is 11.8. The Morgan fingerprint density at radius 2 is 2.00 bits per heavy atom. The van der Waals surface area contributed by atoms with E-state index in [1.54, 1.807) is 6.20 Å². The smallest absolute Gasteiger partial charge is 0.245 e. The second-order valence-corrected chi connectivity index (χ2v) is 5.54. The molecule has 0 radical (unpaired) electrons. The van der Waals surface area contributed by atoms with E-state index in [0.29, 0.717) is 11.1 Å². The topological polar surface area (TPSA) is 93.0 Å². The van der Waals surface area contributed by atoms with Crippen LogP contribution >= 0.6 is 0 Å². The number of nitrogens with one attached hydrogen (secondary N) is 2. The first-order valence-corrected chi connectivity index (χ1v) is 7.68. The van der Waals surface area contributed by atoms with Crippen LogP contribution in [0.1, 0.15) is 11.6 Å². The van der Waals surface area contributed by atoms with Crippen LogP contribution in [-0.2, 0) is 4.79 Å². The number of hydrogen-bond acceptors (Lipinski definition) is 4. The van der Waals surface area contributed by atoms with Crippen LogP contribution < -0.4 is 15.8 Å². The molecule has 2 aromatic carbocycles. The number of rotatable bonds is 5. The number of hydrogen-bond donors (Lipinski definition) is 3. The molecule has 0 fully saturated rings. The van der Waals surface area contributed by atoms with Crippen LogP contribution in [0.25, 0.3) is 11.1 Å². The molecule has 1 amide bonds. The van der Waals surface area contributed by atoms with Gasteiger partial charge in [-0.15, -0.1) is 0 Å². The maximum atomic E-state index is 14.4. The van der Waals surface area contributed by atoms with Crippen molar-refractivity contribution in [2.45, 2.75) is 6.04 Å². The van der Waals surface area contributed by atoms with E-state index in [9.17, 15) is 13.6 Å². The second kappa shape index (κ2) is 7.32. The number of aromatic nitrogens is 2. The van der Waals surface area contributed by atoms with Gasteiger partial charge in [0.25, 0.3) is 0 Å². The van der Waals surface area contributed by atoms with Gasteiger partial charge in [0.1, 0.15) is 23.4 Å². The lowest BCUT2D eigenvalue weighted by molar-refractivity contribution is -0.117. The molecule has 1 atom stereocenters.